The number of ether oxygens (including phenoxy) is 1. The Morgan fingerprint density at radius 2 is 1.86 bits per heavy atom. The van der Waals surface area contributed by atoms with Crippen LogP contribution in [0.15, 0.2) is 35.9 Å². The van der Waals surface area contributed by atoms with Crippen LogP contribution in [0, 0.1) is 5.41 Å². The topological polar surface area (TPSA) is 29.5 Å². The van der Waals surface area contributed by atoms with Gasteiger partial charge in [0.2, 0.25) is 0 Å². The van der Waals surface area contributed by atoms with E-state index in [2.05, 4.69) is 45.9 Å². The molecule has 0 aliphatic heterocycles. The van der Waals surface area contributed by atoms with Crippen LogP contribution in [0.25, 0.3) is 0 Å². The van der Waals surface area contributed by atoms with Gasteiger partial charge in [0.05, 0.1) is 13.2 Å². The predicted molar refractivity (Wildman–Crippen MR) is 89.8 cm³/mol. The summed E-state index contributed by atoms with van der Waals surface area (Å²) in [7, 11) is 1.69. The third kappa shape index (κ3) is 6.81. The van der Waals surface area contributed by atoms with Crippen LogP contribution in [-0.4, -0.2) is 18.3 Å². The molecule has 2 nitrogen and oxygen atoms in total. The van der Waals surface area contributed by atoms with Crippen LogP contribution in [-0.2, 0) is 6.42 Å². The van der Waals surface area contributed by atoms with Crippen LogP contribution in [0.5, 0.6) is 5.75 Å². The van der Waals surface area contributed by atoms with Gasteiger partial charge in [-0.05, 0) is 55.7 Å². The molecule has 0 fully saturated rings. The predicted octanol–water partition coefficient (Wildman–Crippen LogP) is 4.76. The summed E-state index contributed by atoms with van der Waals surface area (Å²) in [6.45, 7) is 8.41. The van der Waals surface area contributed by atoms with Crippen LogP contribution in [0.2, 0.25) is 0 Å². The standard InChI is InChI=1S/C19H30O2/c1-15(9-14-18(20)19(2,3)4)7-6-8-16-10-12-17(21-5)13-11-16/h7,10-13,18,20H,6,8-9,14H2,1-5H3/b15-7+/t18-/m1/s1. The van der Waals surface area contributed by atoms with Gasteiger partial charge in [-0.15, -0.1) is 0 Å². The number of hydrogen-bond acceptors (Lipinski definition) is 2. The lowest BCUT2D eigenvalue weighted by atomic mass is 9.86. The number of rotatable bonds is 7. The van der Waals surface area contributed by atoms with Gasteiger partial charge in [-0.2, -0.15) is 0 Å². The Morgan fingerprint density at radius 1 is 1.24 bits per heavy atom. The summed E-state index contributed by atoms with van der Waals surface area (Å²) in [6, 6.07) is 8.24. The molecule has 0 radical (unpaired) electrons. The Morgan fingerprint density at radius 3 is 2.38 bits per heavy atom. The SMILES string of the molecule is COc1ccc(CC/C=C(\C)CC[C@@H](O)C(C)(C)C)cc1. The third-order valence-corrected chi connectivity index (χ3v) is 3.90. The highest BCUT2D eigenvalue weighted by atomic mass is 16.5. The van der Waals surface area contributed by atoms with E-state index in [4.69, 9.17) is 4.74 Å². The summed E-state index contributed by atoms with van der Waals surface area (Å²) >= 11 is 0. The van der Waals surface area contributed by atoms with Crippen molar-refractivity contribution in [3.05, 3.63) is 41.5 Å². The molecule has 2 heteroatoms. The number of methoxy groups -OCH3 is 1. The van der Waals surface area contributed by atoms with E-state index in [1.165, 1.54) is 11.1 Å². The molecule has 0 heterocycles. The van der Waals surface area contributed by atoms with Gasteiger partial charge in [0.25, 0.3) is 0 Å². The molecule has 21 heavy (non-hydrogen) atoms. The molecule has 118 valence electrons. The van der Waals surface area contributed by atoms with Crippen LogP contribution in [0.3, 0.4) is 0 Å². The molecular formula is C19H30O2. The normalized spacial score (nSPS) is 14.1. The zero-order valence-electron chi connectivity index (χ0n) is 14.1. The van der Waals surface area contributed by atoms with Crippen molar-refractivity contribution in [1.82, 2.24) is 0 Å². The molecule has 1 rings (SSSR count). The van der Waals surface area contributed by atoms with Crippen LogP contribution in [0.4, 0.5) is 0 Å². The third-order valence-electron chi connectivity index (χ3n) is 3.90. The van der Waals surface area contributed by atoms with E-state index in [0.717, 1.165) is 31.4 Å². The molecule has 1 N–H and O–H groups in total. The van der Waals surface area contributed by atoms with Crippen molar-refractivity contribution in [2.45, 2.75) is 59.5 Å². The molecule has 0 unspecified atom stereocenters. The number of benzene rings is 1. The van der Waals surface area contributed by atoms with Gasteiger partial charge in [0.1, 0.15) is 5.75 Å². The summed E-state index contributed by atoms with van der Waals surface area (Å²) in [5, 5.41) is 10.0. The van der Waals surface area contributed by atoms with Crippen molar-refractivity contribution >= 4 is 0 Å². The van der Waals surface area contributed by atoms with Gasteiger partial charge in [0, 0.05) is 0 Å². The summed E-state index contributed by atoms with van der Waals surface area (Å²) in [4.78, 5) is 0. The number of aryl methyl sites for hydroxylation is 1. The maximum absolute atomic E-state index is 10.0. The van der Waals surface area contributed by atoms with E-state index in [0.29, 0.717) is 0 Å². The molecule has 1 atom stereocenters. The molecule has 0 saturated heterocycles. The average molecular weight is 290 g/mol. The highest BCUT2D eigenvalue weighted by Crippen LogP contribution is 2.24. The molecule has 0 aromatic heterocycles. The van der Waals surface area contributed by atoms with Crippen molar-refractivity contribution in [2.24, 2.45) is 5.41 Å². The second-order valence-corrected chi connectivity index (χ2v) is 6.86. The molecule has 0 aliphatic carbocycles. The minimum Gasteiger partial charge on any atom is -0.497 e. The fourth-order valence-electron chi connectivity index (χ4n) is 2.18. The summed E-state index contributed by atoms with van der Waals surface area (Å²) < 4.78 is 5.16. The maximum Gasteiger partial charge on any atom is 0.118 e. The minimum absolute atomic E-state index is 0.0244. The Labute approximate surface area is 129 Å². The molecule has 0 aliphatic rings. The van der Waals surface area contributed by atoms with Crippen molar-refractivity contribution in [2.75, 3.05) is 7.11 Å². The Hall–Kier alpha value is -1.28. The van der Waals surface area contributed by atoms with E-state index >= 15 is 0 Å². The van der Waals surface area contributed by atoms with Gasteiger partial charge >= 0.3 is 0 Å². The van der Waals surface area contributed by atoms with Crippen molar-refractivity contribution < 1.29 is 9.84 Å². The maximum atomic E-state index is 10.0. The zero-order valence-corrected chi connectivity index (χ0v) is 14.1. The van der Waals surface area contributed by atoms with E-state index in [9.17, 15) is 5.11 Å². The fourth-order valence-corrected chi connectivity index (χ4v) is 2.18. The number of allylic oxidation sites excluding steroid dienone is 2. The van der Waals surface area contributed by atoms with Crippen molar-refractivity contribution in [1.29, 1.82) is 0 Å². The summed E-state index contributed by atoms with van der Waals surface area (Å²) in [5.41, 5.74) is 2.67. The highest BCUT2D eigenvalue weighted by Gasteiger charge is 2.21. The Balaban J connectivity index is 2.35. The first-order chi connectivity index (χ1) is 9.82. The van der Waals surface area contributed by atoms with Crippen LogP contribution >= 0.6 is 0 Å². The number of hydrogen-bond donors (Lipinski definition) is 1. The smallest absolute Gasteiger partial charge is 0.118 e. The van der Waals surface area contributed by atoms with Gasteiger partial charge < -0.3 is 9.84 Å². The highest BCUT2D eigenvalue weighted by molar-refractivity contribution is 5.27. The second kappa shape index (κ2) is 8.23. The monoisotopic (exact) mass is 290 g/mol. The summed E-state index contributed by atoms with van der Waals surface area (Å²) in [6.07, 6.45) is 5.96. The average Bonchev–Trinajstić information content (AvgIpc) is 2.44. The van der Waals surface area contributed by atoms with E-state index in [-0.39, 0.29) is 11.5 Å². The Kier molecular flexibility index (Phi) is 6.97. The molecule has 1 aromatic rings. The van der Waals surface area contributed by atoms with Crippen molar-refractivity contribution in [3.8, 4) is 5.75 Å². The number of aliphatic hydroxyl groups excluding tert-OH is 1. The second-order valence-electron chi connectivity index (χ2n) is 6.86. The molecular weight excluding hydrogens is 260 g/mol. The van der Waals surface area contributed by atoms with Gasteiger partial charge in [0.15, 0.2) is 0 Å². The largest absolute Gasteiger partial charge is 0.497 e. The fraction of sp³-hybridized carbons (Fsp3) is 0.579. The summed E-state index contributed by atoms with van der Waals surface area (Å²) in [5.74, 6) is 0.904. The molecule has 0 spiro atoms. The first-order valence-electron chi connectivity index (χ1n) is 7.79. The first-order valence-corrected chi connectivity index (χ1v) is 7.79. The zero-order chi connectivity index (χ0) is 15.9. The molecule has 0 saturated carbocycles. The van der Waals surface area contributed by atoms with E-state index < -0.39 is 0 Å². The van der Waals surface area contributed by atoms with Crippen molar-refractivity contribution in [3.63, 3.8) is 0 Å². The van der Waals surface area contributed by atoms with Crippen LogP contribution < -0.4 is 4.74 Å². The van der Waals surface area contributed by atoms with Gasteiger partial charge in [-0.25, -0.2) is 0 Å². The van der Waals surface area contributed by atoms with Gasteiger partial charge in [-0.3, -0.25) is 0 Å². The molecule has 1 aromatic carbocycles. The van der Waals surface area contributed by atoms with Gasteiger partial charge in [-0.1, -0.05) is 44.6 Å². The first kappa shape index (κ1) is 17.8. The van der Waals surface area contributed by atoms with E-state index in [1.807, 2.05) is 12.1 Å². The van der Waals surface area contributed by atoms with Crippen LogP contribution in [0.1, 0.15) is 52.5 Å². The lowest BCUT2D eigenvalue weighted by Gasteiger charge is -2.25. The number of aliphatic hydroxyl groups is 1. The lowest BCUT2D eigenvalue weighted by Crippen LogP contribution is -2.25. The van der Waals surface area contributed by atoms with E-state index in [1.54, 1.807) is 7.11 Å². The molecule has 0 bridgehead atoms. The quantitative estimate of drug-likeness (QED) is 0.734. The lowest BCUT2D eigenvalue weighted by molar-refractivity contribution is 0.0560. The molecule has 0 amide bonds. The minimum atomic E-state index is -0.234. The Bertz CT molecular complexity index is 438.